The molecule has 174 valence electrons. The van der Waals surface area contributed by atoms with Crippen LogP contribution >= 0.6 is 11.8 Å². The van der Waals surface area contributed by atoms with Crippen molar-refractivity contribution in [1.82, 2.24) is 5.32 Å². The number of thioether (sulfide) groups is 1. The molecule has 8 nitrogen and oxygen atoms in total. The quantitative estimate of drug-likeness (QED) is 0.150. The first kappa shape index (κ1) is 24.4. The Kier molecular flexibility index (Phi) is 8.59. The van der Waals surface area contributed by atoms with E-state index in [2.05, 4.69) is 5.32 Å². The van der Waals surface area contributed by atoms with Crippen LogP contribution in [-0.4, -0.2) is 41.5 Å². The first-order chi connectivity index (χ1) is 15.9. The summed E-state index contributed by atoms with van der Waals surface area (Å²) in [6.07, 6.45) is 8.00. The Labute approximate surface area is 196 Å². The fourth-order valence-corrected chi connectivity index (χ4v) is 4.44. The Bertz CT molecular complexity index is 1050. The van der Waals surface area contributed by atoms with Gasteiger partial charge in [0, 0.05) is 23.2 Å². The monoisotopic (exact) mass is 470 g/mol. The largest absolute Gasteiger partial charge is 0.452 e. The lowest BCUT2D eigenvalue weighted by molar-refractivity contribution is -0.387. The summed E-state index contributed by atoms with van der Waals surface area (Å²) in [5.41, 5.74) is -0.0336. The highest BCUT2D eigenvalue weighted by atomic mass is 32.2. The second kappa shape index (κ2) is 11.6. The van der Waals surface area contributed by atoms with E-state index >= 15 is 0 Å². The topological polar surface area (TPSA) is 116 Å². The molecule has 0 atom stereocenters. The highest BCUT2D eigenvalue weighted by Gasteiger charge is 2.23. The molecule has 1 aliphatic rings. The Morgan fingerprint density at radius 3 is 2.36 bits per heavy atom. The number of carbonyl (C=O) groups is 3. The van der Waals surface area contributed by atoms with Crippen molar-refractivity contribution in [2.75, 3.05) is 12.9 Å². The van der Waals surface area contributed by atoms with E-state index in [1.54, 1.807) is 18.4 Å². The summed E-state index contributed by atoms with van der Waals surface area (Å²) in [5, 5.41) is 14.3. The van der Waals surface area contributed by atoms with Gasteiger partial charge in [0.15, 0.2) is 12.4 Å². The molecule has 1 fully saturated rings. The standard InChI is InChI=1S/C24H26N2O6S/c1-33-21-13-12-16(14-20(21)26(30)31)23(28)18-10-6-7-11-19(18)24(29)32-15-22(27)25-17-8-4-2-3-5-9-17/h6-7,10-14,17H,2-5,8-9,15H2,1H3,(H,25,27). The van der Waals surface area contributed by atoms with Gasteiger partial charge in [-0.25, -0.2) is 4.79 Å². The molecule has 1 saturated carbocycles. The minimum absolute atomic E-state index is 0.00126. The van der Waals surface area contributed by atoms with Crippen molar-refractivity contribution < 1.29 is 24.0 Å². The maximum Gasteiger partial charge on any atom is 0.339 e. The molecule has 33 heavy (non-hydrogen) atoms. The van der Waals surface area contributed by atoms with Crippen LogP contribution in [0.4, 0.5) is 5.69 Å². The Morgan fingerprint density at radius 1 is 1.06 bits per heavy atom. The van der Waals surface area contributed by atoms with E-state index in [1.807, 2.05) is 0 Å². The van der Waals surface area contributed by atoms with Gasteiger partial charge in [-0.15, -0.1) is 11.8 Å². The van der Waals surface area contributed by atoms with Gasteiger partial charge < -0.3 is 10.1 Å². The van der Waals surface area contributed by atoms with Crippen LogP contribution in [0.1, 0.15) is 64.8 Å². The van der Waals surface area contributed by atoms with E-state index in [1.165, 1.54) is 42.1 Å². The van der Waals surface area contributed by atoms with Gasteiger partial charge in [-0.05, 0) is 37.3 Å². The number of amides is 1. The van der Waals surface area contributed by atoms with E-state index in [-0.39, 0.29) is 34.3 Å². The first-order valence-electron chi connectivity index (χ1n) is 10.8. The summed E-state index contributed by atoms with van der Waals surface area (Å²) in [6.45, 7) is -0.439. The fraction of sp³-hybridized carbons (Fsp3) is 0.375. The zero-order valence-electron chi connectivity index (χ0n) is 18.4. The van der Waals surface area contributed by atoms with Gasteiger partial charge in [0.2, 0.25) is 0 Å². The second-order valence-corrected chi connectivity index (χ2v) is 8.70. The maximum atomic E-state index is 13.1. The number of ether oxygens (including phenoxy) is 1. The van der Waals surface area contributed by atoms with E-state index < -0.39 is 23.3 Å². The van der Waals surface area contributed by atoms with Gasteiger partial charge >= 0.3 is 5.97 Å². The number of esters is 1. The third kappa shape index (κ3) is 6.41. The van der Waals surface area contributed by atoms with Crippen LogP contribution in [0, 0.1) is 10.1 Å². The molecular weight excluding hydrogens is 444 g/mol. The van der Waals surface area contributed by atoms with Gasteiger partial charge in [0.05, 0.1) is 15.4 Å². The van der Waals surface area contributed by atoms with Crippen LogP contribution in [0.2, 0.25) is 0 Å². The molecule has 3 rings (SSSR count). The van der Waals surface area contributed by atoms with E-state index in [0.29, 0.717) is 4.90 Å². The third-order valence-corrected chi connectivity index (χ3v) is 6.37. The van der Waals surface area contributed by atoms with Gasteiger partial charge in [-0.2, -0.15) is 0 Å². The molecule has 2 aromatic carbocycles. The van der Waals surface area contributed by atoms with Crippen LogP contribution in [-0.2, 0) is 9.53 Å². The molecule has 2 aromatic rings. The van der Waals surface area contributed by atoms with Crippen molar-refractivity contribution in [1.29, 1.82) is 0 Å². The van der Waals surface area contributed by atoms with Crippen LogP contribution in [0.25, 0.3) is 0 Å². The number of nitrogens with one attached hydrogen (secondary N) is 1. The minimum Gasteiger partial charge on any atom is -0.452 e. The van der Waals surface area contributed by atoms with Crippen LogP contribution in [0.3, 0.4) is 0 Å². The molecule has 1 amide bonds. The highest BCUT2D eigenvalue weighted by molar-refractivity contribution is 7.98. The number of benzene rings is 2. The van der Waals surface area contributed by atoms with Gasteiger partial charge in [-0.3, -0.25) is 19.7 Å². The second-order valence-electron chi connectivity index (χ2n) is 7.85. The van der Waals surface area contributed by atoms with Crippen LogP contribution in [0.15, 0.2) is 47.4 Å². The molecule has 0 bridgehead atoms. The lowest BCUT2D eigenvalue weighted by Gasteiger charge is -2.16. The van der Waals surface area contributed by atoms with E-state index in [0.717, 1.165) is 38.5 Å². The molecule has 9 heteroatoms. The molecule has 0 unspecified atom stereocenters. The smallest absolute Gasteiger partial charge is 0.339 e. The Hall–Kier alpha value is -3.20. The molecule has 0 heterocycles. The molecule has 0 aliphatic heterocycles. The SMILES string of the molecule is CSc1ccc(C(=O)c2ccccc2C(=O)OCC(=O)NC2CCCCCC2)cc1[N+](=O)[O-]. The first-order valence-corrected chi connectivity index (χ1v) is 12.1. The Morgan fingerprint density at radius 2 is 1.73 bits per heavy atom. The predicted octanol–water partition coefficient (Wildman–Crippen LogP) is 4.54. The van der Waals surface area contributed by atoms with Crippen LogP contribution in [0.5, 0.6) is 0 Å². The van der Waals surface area contributed by atoms with Crippen molar-refractivity contribution in [3.8, 4) is 0 Å². The normalized spacial score (nSPS) is 14.2. The minimum atomic E-state index is -0.801. The summed E-state index contributed by atoms with van der Waals surface area (Å²) in [6, 6.07) is 10.4. The molecule has 0 spiro atoms. The zero-order valence-corrected chi connectivity index (χ0v) is 19.2. The molecule has 1 aliphatic carbocycles. The van der Waals surface area contributed by atoms with Crippen molar-refractivity contribution in [2.45, 2.75) is 49.5 Å². The van der Waals surface area contributed by atoms with Crippen molar-refractivity contribution in [3.63, 3.8) is 0 Å². The van der Waals surface area contributed by atoms with Crippen molar-refractivity contribution >= 4 is 35.1 Å². The number of ketones is 1. The van der Waals surface area contributed by atoms with Crippen molar-refractivity contribution in [2.24, 2.45) is 0 Å². The number of rotatable bonds is 8. The zero-order chi connectivity index (χ0) is 23.8. The van der Waals surface area contributed by atoms with E-state index in [9.17, 15) is 24.5 Å². The molecule has 0 radical (unpaired) electrons. The third-order valence-electron chi connectivity index (χ3n) is 5.58. The number of hydrogen-bond donors (Lipinski definition) is 1. The summed E-state index contributed by atoms with van der Waals surface area (Å²) >= 11 is 1.21. The summed E-state index contributed by atoms with van der Waals surface area (Å²) < 4.78 is 5.17. The average molecular weight is 471 g/mol. The molecule has 0 aromatic heterocycles. The number of nitro groups is 1. The summed E-state index contributed by atoms with van der Waals surface area (Å²) in [4.78, 5) is 49.2. The predicted molar refractivity (Wildman–Crippen MR) is 125 cm³/mol. The number of nitrogens with zero attached hydrogens (tertiary/aromatic N) is 1. The van der Waals surface area contributed by atoms with Crippen molar-refractivity contribution in [3.05, 3.63) is 69.3 Å². The van der Waals surface area contributed by atoms with Gasteiger partial charge in [0.25, 0.3) is 11.6 Å². The maximum absolute atomic E-state index is 13.1. The molecule has 1 N–H and O–H groups in total. The lowest BCUT2D eigenvalue weighted by atomic mass is 9.98. The molecular formula is C24H26N2O6S. The number of hydrogen-bond acceptors (Lipinski definition) is 7. The number of carbonyl (C=O) groups excluding carboxylic acids is 3. The summed E-state index contributed by atoms with van der Waals surface area (Å²) in [5.74, 6) is -1.71. The highest BCUT2D eigenvalue weighted by Crippen LogP contribution is 2.29. The lowest BCUT2D eigenvalue weighted by Crippen LogP contribution is -2.37. The Balaban J connectivity index is 1.71. The average Bonchev–Trinajstić information content (AvgIpc) is 3.10. The summed E-state index contributed by atoms with van der Waals surface area (Å²) in [7, 11) is 0. The van der Waals surface area contributed by atoms with Gasteiger partial charge in [-0.1, -0.05) is 43.9 Å². The number of nitro benzene ring substituents is 1. The van der Waals surface area contributed by atoms with Gasteiger partial charge in [0.1, 0.15) is 0 Å². The molecule has 0 saturated heterocycles. The van der Waals surface area contributed by atoms with Crippen LogP contribution < -0.4 is 5.32 Å². The van der Waals surface area contributed by atoms with E-state index in [4.69, 9.17) is 4.74 Å². The fourth-order valence-electron chi connectivity index (χ4n) is 3.89.